The second kappa shape index (κ2) is 6.46. The second-order valence-corrected chi connectivity index (χ2v) is 6.57. The summed E-state index contributed by atoms with van der Waals surface area (Å²) >= 11 is 0. The van der Waals surface area contributed by atoms with Gasteiger partial charge in [0.1, 0.15) is 0 Å². The van der Waals surface area contributed by atoms with Crippen LogP contribution in [0.2, 0.25) is 0 Å². The lowest BCUT2D eigenvalue weighted by Crippen LogP contribution is -2.11. The molecule has 0 heterocycles. The van der Waals surface area contributed by atoms with Crippen LogP contribution < -0.4 is 0 Å². The topological polar surface area (TPSA) is 47.6 Å². The summed E-state index contributed by atoms with van der Waals surface area (Å²) in [6.45, 7) is 6.57. The zero-order chi connectivity index (χ0) is 16.2. The molecule has 0 radical (unpaired) electrons. The van der Waals surface area contributed by atoms with Gasteiger partial charge in [-0.25, -0.2) is 0 Å². The molecule has 1 atom stereocenters. The van der Waals surface area contributed by atoms with Crippen molar-refractivity contribution in [2.24, 2.45) is 0 Å². The number of nitriles is 2. The molecule has 2 aromatic rings. The molecule has 0 aromatic heterocycles. The molecule has 2 rings (SSSR count). The largest absolute Gasteiger partial charge is 0.198 e. The molecule has 0 amide bonds. The summed E-state index contributed by atoms with van der Waals surface area (Å²) in [4.78, 5) is 0. The quantitative estimate of drug-likeness (QED) is 0.821. The van der Waals surface area contributed by atoms with Gasteiger partial charge >= 0.3 is 0 Å². The van der Waals surface area contributed by atoms with Crippen molar-refractivity contribution < 1.29 is 0 Å². The monoisotopic (exact) mass is 288 g/mol. The Morgan fingerprint density at radius 2 is 1.50 bits per heavy atom. The van der Waals surface area contributed by atoms with Gasteiger partial charge in [0, 0.05) is 0 Å². The van der Waals surface area contributed by atoms with Crippen molar-refractivity contribution in [1.82, 2.24) is 0 Å². The van der Waals surface area contributed by atoms with Gasteiger partial charge in [-0.1, -0.05) is 57.2 Å². The average molecular weight is 288 g/mol. The van der Waals surface area contributed by atoms with E-state index in [2.05, 4.69) is 57.2 Å². The molecule has 2 nitrogen and oxygen atoms in total. The number of benzene rings is 2. The van der Waals surface area contributed by atoms with Crippen LogP contribution in [0.3, 0.4) is 0 Å². The number of rotatable bonds is 3. The molecule has 0 saturated carbocycles. The van der Waals surface area contributed by atoms with Gasteiger partial charge in [0.05, 0.1) is 23.6 Å². The van der Waals surface area contributed by atoms with Gasteiger partial charge in [-0.15, -0.1) is 0 Å². The van der Waals surface area contributed by atoms with Crippen LogP contribution in [0, 0.1) is 22.7 Å². The minimum Gasteiger partial charge on any atom is -0.198 e. The van der Waals surface area contributed by atoms with E-state index in [0.29, 0.717) is 12.0 Å². The highest BCUT2D eigenvalue weighted by molar-refractivity contribution is 5.36. The predicted octanol–water partition coefficient (Wildman–Crippen LogP) is 4.71. The first-order chi connectivity index (χ1) is 10.4. The van der Waals surface area contributed by atoms with Gasteiger partial charge in [0.15, 0.2) is 0 Å². The number of nitrogens with zero attached hydrogens (tertiary/aromatic N) is 2. The fourth-order valence-corrected chi connectivity index (χ4v) is 2.40. The van der Waals surface area contributed by atoms with E-state index in [9.17, 15) is 5.26 Å². The van der Waals surface area contributed by atoms with Gasteiger partial charge in [-0.3, -0.25) is 0 Å². The van der Waals surface area contributed by atoms with Crippen LogP contribution in [0.5, 0.6) is 0 Å². The smallest absolute Gasteiger partial charge is 0.0991 e. The molecule has 0 saturated heterocycles. The van der Waals surface area contributed by atoms with E-state index < -0.39 is 0 Å². The zero-order valence-electron chi connectivity index (χ0n) is 13.3. The van der Waals surface area contributed by atoms with Gasteiger partial charge in [-0.05, 0) is 40.7 Å². The summed E-state index contributed by atoms with van der Waals surface area (Å²) < 4.78 is 0. The molecule has 2 heteroatoms. The standard InChI is InChI=1S/C20H20N2/c1-20(2,3)19-10-6-15(7-11-19)12-18(14-22)17-8-4-16(13-21)5-9-17/h4-11,18H,12H2,1-3H3. The Hall–Kier alpha value is -2.58. The zero-order valence-corrected chi connectivity index (χ0v) is 13.3. The lowest BCUT2D eigenvalue weighted by atomic mass is 9.85. The Morgan fingerprint density at radius 1 is 0.909 bits per heavy atom. The minimum absolute atomic E-state index is 0.139. The molecule has 22 heavy (non-hydrogen) atoms. The summed E-state index contributed by atoms with van der Waals surface area (Å²) in [6.07, 6.45) is 0.687. The lowest BCUT2D eigenvalue weighted by molar-refractivity contribution is 0.590. The van der Waals surface area contributed by atoms with Crippen molar-refractivity contribution in [1.29, 1.82) is 10.5 Å². The van der Waals surface area contributed by atoms with E-state index in [1.54, 1.807) is 12.1 Å². The molecule has 110 valence electrons. The van der Waals surface area contributed by atoms with E-state index >= 15 is 0 Å². The van der Waals surface area contributed by atoms with Crippen molar-refractivity contribution in [2.45, 2.75) is 38.5 Å². The summed E-state index contributed by atoms with van der Waals surface area (Å²) in [5.41, 5.74) is 4.17. The third kappa shape index (κ3) is 3.74. The fourth-order valence-electron chi connectivity index (χ4n) is 2.40. The molecular weight excluding hydrogens is 268 g/mol. The molecular formula is C20H20N2. The summed E-state index contributed by atoms with van der Waals surface area (Å²) in [5, 5.41) is 18.3. The first-order valence-corrected chi connectivity index (χ1v) is 7.43. The molecule has 2 aromatic carbocycles. The Labute approximate surface area is 132 Å². The maximum Gasteiger partial charge on any atom is 0.0991 e. The van der Waals surface area contributed by atoms with Crippen LogP contribution in [0.25, 0.3) is 0 Å². The highest BCUT2D eigenvalue weighted by Gasteiger charge is 2.15. The highest BCUT2D eigenvalue weighted by Crippen LogP contribution is 2.25. The van der Waals surface area contributed by atoms with Crippen molar-refractivity contribution >= 4 is 0 Å². The van der Waals surface area contributed by atoms with Crippen molar-refractivity contribution in [3.63, 3.8) is 0 Å². The molecule has 1 unspecified atom stereocenters. The normalized spacial score (nSPS) is 12.2. The van der Waals surface area contributed by atoms with Gasteiger partial charge in [-0.2, -0.15) is 10.5 Å². The highest BCUT2D eigenvalue weighted by atomic mass is 14.3. The first kappa shape index (κ1) is 15.8. The van der Waals surface area contributed by atoms with Crippen LogP contribution >= 0.6 is 0 Å². The van der Waals surface area contributed by atoms with Crippen LogP contribution in [-0.4, -0.2) is 0 Å². The molecule has 0 aliphatic carbocycles. The molecule has 0 spiro atoms. The van der Waals surface area contributed by atoms with Crippen LogP contribution in [0.4, 0.5) is 0 Å². The Balaban J connectivity index is 2.16. The second-order valence-electron chi connectivity index (χ2n) is 6.57. The Kier molecular flexibility index (Phi) is 4.64. The van der Waals surface area contributed by atoms with Crippen LogP contribution in [0.1, 0.15) is 48.9 Å². The maximum absolute atomic E-state index is 9.44. The van der Waals surface area contributed by atoms with E-state index in [-0.39, 0.29) is 11.3 Å². The SMILES string of the molecule is CC(C)(C)c1ccc(CC(C#N)c2ccc(C#N)cc2)cc1. The van der Waals surface area contributed by atoms with Crippen LogP contribution in [-0.2, 0) is 11.8 Å². The number of hydrogen-bond acceptors (Lipinski definition) is 2. The Bertz CT molecular complexity index is 705. The summed E-state index contributed by atoms with van der Waals surface area (Å²) in [6, 6.07) is 20.2. The Morgan fingerprint density at radius 3 is 1.95 bits per heavy atom. The van der Waals surface area contributed by atoms with Gasteiger partial charge in [0.25, 0.3) is 0 Å². The van der Waals surface area contributed by atoms with E-state index in [0.717, 1.165) is 11.1 Å². The fraction of sp³-hybridized carbons (Fsp3) is 0.300. The lowest BCUT2D eigenvalue weighted by Gasteiger charge is -2.19. The molecule has 0 aliphatic heterocycles. The predicted molar refractivity (Wildman–Crippen MR) is 88.4 cm³/mol. The van der Waals surface area contributed by atoms with E-state index in [1.165, 1.54) is 5.56 Å². The minimum atomic E-state index is -0.187. The van der Waals surface area contributed by atoms with Crippen molar-refractivity contribution in [2.75, 3.05) is 0 Å². The van der Waals surface area contributed by atoms with Crippen LogP contribution in [0.15, 0.2) is 48.5 Å². The maximum atomic E-state index is 9.44. The van der Waals surface area contributed by atoms with Gasteiger partial charge < -0.3 is 0 Å². The van der Waals surface area contributed by atoms with E-state index in [4.69, 9.17) is 5.26 Å². The van der Waals surface area contributed by atoms with Gasteiger partial charge in [0.2, 0.25) is 0 Å². The van der Waals surface area contributed by atoms with Crippen molar-refractivity contribution in [3.8, 4) is 12.1 Å². The third-order valence-corrected chi connectivity index (χ3v) is 3.86. The third-order valence-electron chi connectivity index (χ3n) is 3.86. The summed E-state index contributed by atoms with van der Waals surface area (Å²) in [5.74, 6) is -0.187. The molecule has 0 bridgehead atoms. The number of hydrogen-bond donors (Lipinski definition) is 0. The van der Waals surface area contributed by atoms with E-state index in [1.807, 2.05) is 12.1 Å². The molecule has 0 N–H and O–H groups in total. The van der Waals surface area contributed by atoms with Crippen molar-refractivity contribution in [3.05, 3.63) is 70.8 Å². The molecule has 0 aliphatic rings. The summed E-state index contributed by atoms with van der Waals surface area (Å²) in [7, 11) is 0. The molecule has 0 fully saturated rings. The first-order valence-electron chi connectivity index (χ1n) is 7.43. The average Bonchev–Trinajstić information content (AvgIpc) is 2.52.